The zero-order valence-electron chi connectivity index (χ0n) is 16.5. The van der Waals surface area contributed by atoms with E-state index in [-0.39, 0.29) is 5.91 Å². The van der Waals surface area contributed by atoms with Gasteiger partial charge in [0.2, 0.25) is 5.91 Å². The summed E-state index contributed by atoms with van der Waals surface area (Å²) >= 11 is 0. The zero-order valence-corrected chi connectivity index (χ0v) is 16.5. The van der Waals surface area contributed by atoms with Crippen molar-refractivity contribution in [2.75, 3.05) is 13.2 Å². The molecule has 0 saturated heterocycles. The highest BCUT2D eigenvalue weighted by atomic mass is 16.5. The Hall–Kier alpha value is -3.27. The molecule has 0 aliphatic carbocycles. The van der Waals surface area contributed by atoms with Crippen LogP contribution in [0.2, 0.25) is 0 Å². The van der Waals surface area contributed by atoms with E-state index in [1.165, 1.54) is 0 Å². The van der Waals surface area contributed by atoms with Crippen molar-refractivity contribution >= 4 is 22.4 Å². The van der Waals surface area contributed by atoms with Crippen molar-refractivity contribution in [1.82, 2.24) is 5.32 Å². The summed E-state index contributed by atoms with van der Waals surface area (Å²) in [7, 11) is 0. The summed E-state index contributed by atoms with van der Waals surface area (Å²) in [6.07, 6.45) is 5.03. The van der Waals surface area contributed by atoms with E-state index in [1.807, 2.05) is 45.0 Å². The number of hydrogen-bond donors (Lipinski definition) is 1. The zero-order chi connectivity index (χ0) is 20.1. The predicted molar refractivity (Wildman–Crippen MR) is 114 cm³/mol. The van der Waals surface area contributed by atoms with Gasteiger partial charge >= 0.3 is 0 Å². The molecule has 1 heterocycles. The molecule has 4 nitrogen and oxygen atoms in total. The van der Waals surface area contributed by atoms with E-state index in [1.54, 1.807) is 18.4 Å². The van der Waals surface area contributed by atoms with Crippen LogP contribution in [0.1, 0.15) is 25.0 Å². The van der Waals surface area contributed by atoms with Crippen molar-refractivity contribution in [3.8, 4) is 16.9 Å². The third-order valence-electron chi connectivity index (χ3n) is 4.61. The van der Waals surface area contributed by atoms with Gasteiger partial charge in [0.05, 0.1) is 12.9 Å². The van der Waals surface area contributed by atoms with Crippen LogP contribution < -0.4 is 10.1 Å². The van der Waals surface area contributed by atoms with Gasteiger partial charge < -0.3 is 14.5 Å². The average molecular weight is 375 g/mol. The molecule has 0 fully saturated rings. The van der Waals surface area contributed by atoms with Crippen molar-refractivity contribution in [1.29, 1.82) is 0 Å². The highest BCUT2D eigenvalue weighted by Crippen LogP contribution is 2.40. The molecule has 144 valence electrons. The molecule has 0 spiro atoms. The number of rotatable bonds is 7. The number of hydrogen-bond acceptors (Lipinski definition) is 3. The van der Waals surface area contributed by atoms with Gasteiger partial charge in [-0.05, 0) is 38.0 Å². The quantitative estimate of drug-likeness (QED) is 0.437. The lowest BCUT2D eigenvalue weighted by molar-refractivity contribution is -0.116. The molecule has 0 radical (unpaired) electrons. The minimum Gasteiger partial charge on any atom is -0.493 e. The molecule has 1 N–H and O–H groups in total. The van der Waals surface area contributed by atoms with Crippen LogP contribution >= 0.6 is 0 Å². The third-order valence-corrected chi connectivity index (χ3v) is 4.61. The fraction of sp³-hybridized carbons (Fsp3) is 0.208. The molecule has 3 rings (SSSR count). The molecule has 0 unspecified atom stereocenters. The van der Waals surface area contributed by atoms with Gasteiger partial charge in [0.1, 0.15) is 11.3 Å². The SMILES string of the molecule is C=CCNC(=O)/C=C(\C)c1cc2c(-c3ccccc3)coc2c(C)c1OCC. The van der Waals surface area contributed by atoms with Crippen LogP contribution in [-0.2, 0) is 4.79 Å². The van der Waals surface area contributed by atoms with Crippen LogP contribution in [0.4, 0.5) is 0 Å². The van der Waals surface area contributed by atoms with Crippen LogP contribution in [0.25, 0.3) is 27.7 Å². The number of carbonyl (C=O) groups excluding carboxylic acids is 1. The van der Waals surface area contributed by atoms with Gasteiger partial charge in [-0.25, -0.2) is 0 Å². The van der Waals surface area contributed by atoms with Crippen molar-refractivity contribution < 1.29 is 13.9 Å². The molecular formula is C24H25NO3. The first kappa shape index (κ1) is 19.5. The second-order valence-electron chi connectivity index (χ2n) is 6.56. The Morgan fingerprint density at radius 1 is 1.29 bits per heavy atom. The normalized spacial score (nSPS) is 11.5. The van der Waals surface area contributed by atoms with Gasteiger partial charge in [0.15, 0.2) is 0 Å². The number of amides is 1. The molecule has 0 bridgehead atoms. The number of benzene rings is 2. The maximum Gasteiger partial charge on any atom is 0.244 e. The Morgan fingerprint density at radius 2 is 2.04 bits per heavy atom. The maximum absolute atomic E-state index is 12.1. The van der Waals surface area contributed by atoms with Crippen LogP contribution in [0.3, 0.4) is 0 Å². The summed E-state index contributed by atoms with van der Waals surface area (Å²) in [6, 6.07) is 12.2. The molecule has 0 aliphatic heterocycles. The summed E-state index contributed by atoms with van der Waals surface area (Å²) < 4.78 is 11.8. The first-order valence-corrected chi connectivity index (χ1v) is 9.37. The minimum atomic E-state index is -0.159. The van der Waals surface area contributed by atoms with Crippen LogP contribution in [0.5, 0.6) is 5.75 Å². The Bertz CT molecular complexity index is 1030. The van der Waals surface area contributed by atoms with Crippen molar-refractivity contribution in [3.05, 3.63) is 72.5 Å². The number of fused-ring (bicyclic) bond motifs is 1. The summed E-state index contributed by atoms with van der Waals surface area (Å²) in [4.78, 5) is 12.1. The largest absolute Gasteiger partial charge is 0.493 e. The number of nitrogens with one attached hydrogen (secondary N) is 1. The van der Waals surface area contributed by atoms with E-state index in [0.717, 1.165) is 44.5 Å². The minimum absolute atomic E-state index is 0.159. The average Bonchev–Trinajstić information content (AvgIpc) is 3.13. The molecule has 0 aliphatic rings. The first-order valence-electron chi connectivity index (χ1n) is 9.37. The first-order chi connectivity index (χ1) is 13.6. The Kier molecular flexibility index (Phi) is 5.99. The number of carbonyl (C=O) groups is 1. The smallest absolute Gasteiger partial charge is 0.244 e. The summed E-state index contributed by atoms with van der Waals surface area (Å²) in [6.45, 7) is 10.4. The topological polar surface area (TPSA) is 51.5 Å². The van der Waals surface area contributed by atoms with E-state index < -0.39 is 0 Å². The van der Waals surface area contributed by atoms with Gasteiger partial charge in [-0.1, -0.05) is 36.4 Å². The lowest BCUT2D eigenvalue weighted by Crippen LogP contribution is -2.20. The van der Waals surface area contributed by atoms with E-state index >= 15 is 0 Å². The molecule has 2 aromatic carbocycles. The summed E-state index contributed by atoms with van der Waals surface area (Å²) in [5, 5.41) is 3.78. The maximum atomic E-state index is 12.1. The van der Waals surface area contributed by atoms with Gasteiger partial charge in [-0.15, -0.1) is 6.58 Å². The summed E-state index contributed by atoms with van der Waals surface area (Å²) in [5.74, 6) is 0.585. The van der Waals surface area contributed by atoms with Gasteiger partial charge in [-0.2, -0.15) is 0 Å². The van der Waals surface area contributed by atoms with Crippen molar-refractivity contribution in [3.63, 3.8) is 0 Å². The monoisotopic (exact) mass is 375 g/mol. The second kappa shape index (κ2) is 8.61. The Labute approximate surface area is 165 Å². The highest BCUT2D eigenvalue weighted by molar-refractivity contribution is 6.01. The van der Waals surface area contributed by atoms with Gasteiger partial charge in [0, 0.05) is 34.7 Å². The third kappa shape index (κ3) is 3.86. The molecule has 1 amide bonds. The number of ether oxygens (including phenoxy) is 1. The standard InChI is InChI=1S/C24H25NO3/c1-5-12-25-22(26)13-16(3)19-14-20-21(18-10-8-7-9-11-18)15-28-24(20)17(4)23(19)27-6-2/h5,7-11,13-15H,1,6,12H2,2-4H3,(H,25,26)/b16-13+. The van der Waals surface area contributed by atoms with Gasteiger partial charge in [0.25, 0.3) is 0 Å². The predicted octanol–water partition coefficient (Wildman–Crippen LogP) is 5.51. The van der Waals surface area contributed by atoms with E-state index in [0.29, 0.717) is 13.2 Å². The lowest BCUT2D eigenvalue weighted by Gasteiger charge is -2.15. The number of allylic oxidation sites excluding steroid dienone is 1. The molecular weight excluding hydrogens is 350 g/mol. The van der Waals surface area contributed by atoms with Gasteiger partial charge in [-0.3, -0.25) is 4.79 Å². The molecule has 3 aromatic rings. The lowest BCUT2D eigenvalue weighted by atomic mass is 9.96. The fourth-order valence-corrected chi connectivity index (χ4v) is 3.28. The molecule has 1 aromatic heterocycles. The van der Waals surface area contributed by atoms with Crippen LogP contribution in [-0.4, -0.2) is 19.1 Å². The number of furan rings is 1. The van der Waals surface area contributed by atoms with Crippen molar-refractivity contribution in [2.24, 2.45) is 0 Å². The second-order valence-corrected chi connectivity index (χ2v) is 6.56. The Morgan fingerprint density at radius 3 is 2.71 bits per heavy atom. The fourth-order valence-electron chi connectivity index (χ4n) is 3.28. The van der Waals surface area contributed by atoms with E-state index in [4.69, 9.17) is 9.15 Å². The van der Waals surface area contributed by atoms with Crippen LogP contribution in [0, 0.1) is 6.92 Å². The van der Waals surface area contributed by atoms with Crippen LogP contribution in [0.15, 0.2) is 65.8 Å². The Balaban J connectivity index is 2.17. The van der Waals surface area contributed by atoms with Crippen molar-refractivity contribution in [2.45, 2.75) is 20.8 Å². The molecule has 28 heavy (non-hydrogen) atoms. The molecule has 0 saturated carbocycles. The highest BCUT2D eigenvalue weighted by Gasteiger charge is 2.19. The van der Waals surface area contributed by atoms with E-state index in [9.17, 15) is 4.79 Å². The number of aryl methyl sites for hydroxylation is 1. The molecule has 0 atom stereocenters. The van der Waals surface area contributed by atoms with E-state index in [2.05, 4.69) is 24.0 Å². The molecule has 4 heteroatoms. The summed E-state index contributed by atoms with van der Waals surface area (Å²) in [5.41, 5.74) is 5.55.